The van der Waals surface area contributed by atoms with Crippen LogP contribution in [0.5, 0.6) is 5.75 Å². The van der Waals surface area contributed by atoms with Crippen molar-refractivity contribution in [1.29, 1.82) is 0 Å². The van der Waals surface area contributed by atoms with Gasteiger partial charge in [-0.25, -0.2) is 0 Å². The first kappa shape index (κ1) is 17.9. The standard InChI is InChI=1S/C18H18I2N2O2/c1-23-18-16(19)10-13(11-17(18)20)12-21-14-2-4-15(5-3-14)22-6-8-24-9-7-22/h2-5,10-12H,6-9H2,1H3. The normalized spacial score (nSPS) is 15.0. The number of hydrogen-bond donors (Lipinski definition) is 0. The molecule has 1 saturated heterocycles. The summed E-state index contributed by atoms with van der Waals surface area (Å²) in [6.07, 6.45) is 1.90. The van der Waals surface area contributed by atoms with Gasteiger partial charge < -0.3 is 14.4 Å². The van der Waals surface area contributed by atoms with Gasteiger partial charge in [0.25, 0.3) is 0 Å². The number of methoxy groups -OCH3 is 1. The molecule has 2 aromatic rings. The first-order chi connectivity index (χ1) is 11.7. The minimum Gasteiger partial charge on any atom is -0.495 e. The van der Waals surface area contributed by atoms with Crippen molar-refractivity contribution in [2.75, 3.05) is 38.3 Å². The number of halogens is 2. The Balaban J connectivity index is 1.72. The van der Waals surface area contributed by atoms with Crippen molar-refractivity contribution >= 4 is 62.8 Å². The van der Waals surface area contributed by atoms with Gasteiger partial charge in [0, 0.05) is 25.0 Å². The van der Waals surface area contributed by atoms with E-state index in [9.17, 15) is 0 Å². The topological polar surface area (TPSA) is 34.1 Å². The van der Waals surface area contributed by atoms with E-state index in [1.807, 2.05) is 6.21 Å². The molecule has 0 bridgehead atoms. The van der Waals surface area contributed by atoms with Gasteiger partial charge in [0.2, 0.25) is 0 Å². The van der Waals surface area contributed by atoms with E-state index in [2.05, 4.69) is 91.5 Å². The molecule has 3 rings (SSSR count). The molecule has 0 amide bonds. The molecule has 0 N–H and O–H groups in total. The third kappa shape index (κ3) is 4.40. The molecule has 1 fully saturated rings. The summed E-state index contributed by atoms with van der Waals surface area (Å²) < 4.78 is 13.0. The van der Waals surface area contributed by atoms with Crippen molar-refractivity contribution in [1.82, 2.24) is 0 Å². The van der Waals surface area contributed by atoms with Gasteiger partial charge in [0.1, 0.15) is 5.75 Å². The molecular weight excluding hydrogens is 530 g/mol. The minimum atomic E-state index is 0.800. The molecule has 1 aliphatic heterocycles. The summed E-state index contributed by atoms with van der Waals surface area (Å²) in [6.45, 7) is 3.50. The third-order valence-electron chi connectivity index (χ3n) is 3.81. The lowest BCUT2D eigenvalue weighted by Crippen LogP contribution is -2.36. The van der Waals surface area contributed by atoms with Crippen molar-refractivity contribution in [2.24, 2.45) is 4.99 Å². The molecular formula is C18H18I2N2O2. The highest BCUT2D eigenvalue weighted by atomic mass is 127. The van der Waals surface area contributed by atoms with Crippen LogP contribution in [-0.4, -0.2) is 39.6 Å². The van der Waals surface area contributed by atoms with Crippen LogP contribution in [0.15, 0.2) is 41.4 Å². The Bertz CT molecular complexity index is 703. The zero-order valence-electron chi connectivity index (χ0n) is 13.3. The fraction of sp³-hybridized carbons (Fsp3) is 0.278. The van der Waals surface area contributed by atoms with Crippen molar-refractivity contribution in [3.8, 4) is 5.75 Å². The Morgan fingerprint density at radius 1 is 1.08 bits per heavy atom. The van der Waals surface area contributed by atoms with Crippen LogP contribution >= 0.6 is 45.2 Å². The van der Waals surface area contributed by atoms with E-state index in [0.717, 1.165) is 50.4 Å². The minimum absolute atomic E-state index is 0.800. The summed E-state index contributed by atoms with van der Waals surface area (Å²) >= 11 is 4.58. The molecule has 1 aliphatic rings. The largest absolute Gasteiger partial charge is 0.495 e. The lowest BCUT2D eigenvalue weighted by atomic mass is 10.2. The fourth-order valence-electron chi connectivity index (χ4n) is 2.57. The van der Waals surface area contributed by atoms with Crippen molar-refractivity contribution in [3.63, 3.8) is 0 Å². The molecule has 4 nitrogen and oxygen atoms in total. The molecule has 0 saturated carbocycles. The average molecular weight is 548 g/mol. The second kappa shape index (κ2) is 8.48. The molecule has 1 heterocycles. The van der Waals surface area contributed by atoms with E-state index in [-0.39, 0.29) is 0 Å². The summed E-state index contributed by atoms with van der Waals surface area (Å²) in [5, 5.41) is 0. The molecule has 2 aromatic carbocycles. The molecule has 0 radical (unpaired) electrons. The zero-order valence-corrected chi connectivity index (χ0v) is 17.7. The van der Waals surface area contributed by atoms with Crippen LogP contribution in [0.1, 0.15) is 5.56 Å². The summed E-state index contributed by atoms with van der Waals surface area (Å²) in [4.78, 5) is 6.92. The number of ether oxygens (including phenoxy) is 2. The van der Waals surface area contributed by atoms with Crippen LogP contribution in [0.3, 0.4) is 0 Å². The Labute approximate surface area is 169 Å². The zero-order chi connectivity index (χ0) is 16.9. The number of morpholine rings is 1. The van der Waals surface area contributed by atoms with Gasteiger partial charge >= 0.3 is 0 Å². The van der Waals surface area contributed by atoms with Crippen molar-refractivity contribution < 1.29 is 9.47 Å². The predicted octanol–water partition coefficient (Wildman–Crippen LogP) is 4.49. The Morgan fingerprint density at radius 2 is 1.71 bits per heavy atom. The summed E-state index contributed by atoms with van der Waals surface area (Å²) in [6, 6.07) is 12.5. The van der Waals surface area contributed by atoms with Gasteiger partial charge in [-0.3, -0.25) is 4.99 Å². The van der Waals surface area contributed by atoms with Crippen LogP contribution in [0.25, 0.3) is 0 Å². The summed E-state index contributed by atoms with van der Waals surface area (Å²) in [5.41, 5.74) is 3.25. The predicted molar refractivity (Wildman–Crippen MR) is 115 cm³/mol. The van der Waals surface area contributed by atoms with Gasteiger partial charge in [-0.2, -0.15) is 0 Å². The molecule has 24 heavy (non-hydrogen) atoms. The van der Waals surface area contributed by atoms with Gasteiger partial charge in [0.05, 0.1) is 33.2 Å². The highest BCUT2D eigenvalue weighted by molar-refractivity contribution is 14.1. The number of aliphatic imine (C=N–C) groups is 1. The van der Waals surface area contributed by atoms with E-state index in [0.29, 0.717) is 0 Å². The average Bonchev–Trinajstić information content (AvgIpc) is 2.61. The number of nitrogens with zero attached hydrogens (tertiary/aromatic N) is 2. The monoisotopic (exact) mass is 548 g/mol. The van der Waals surface area contributed by atoms with E-state index in [1.54, 1.807) is 7.11 Å². The second-order valence-corrected chi connectivity index (χ2v) is 7.72. The SMILES string of the molecule is COc1c(I)cc(C=Nc2ccc(N3CCOCC3)cc2)cc1I. The molecule has 0 unspecified atom stereocenters. The van der Waals surface area contributed by atoms with E-state index in [1.165, 1.54) is 5.69 Å². The van der Waals surface area contributed by atoms with Crippen LogP contribution in [0.4, 0.5) is 11.4 Å². The van der Waals surface area contributed by atoms with Crippen LogP contribution < -0.4 is 9.64 Å². The van der Waals surface area contributed by atoms with Gasteiger partial charge in [-0.05, 0) is 87.1 Å². The number of rotatable bonds is 4. The van der Waals surface area contributed by atoms with Gasteiger partial charge in [-0.15, -0.1) is 0 Å². The third-order valence-corrected chi connectivity index (χ3v) is 5.42. The van der Waals surface area contributed by atoms with E-state index >= 15 is 0 Å². The fourth-order valence-corrected chi connectivity index (χ4v) is 4.83. The maximum Gasteiger partial charge on any atom is 0.145 e. The van der Waals surface area contributed by atoms with Crippen LogP contribution in [-0.2, 0) is 4.74 Å². The smallest absolute Gasteiger partial charge is 0.145 e. The maximum atomic E-state index is 5.39. The number of benzene rings is 2. The lowest BCUT2D eigenvalue weighted by Gasteiger charge is -2.28. The molecule has 6 heteroatoms. The molecule has 0 aliphatic carbocycles. The molecule has 0 atom stereocenters. The quantitative estimate of drug-likeness (QED) is 0.418. The van der Waals surface area contributed by atoms with Gasteiger partial charge in [0.15, 0.2) is 0 Å². The Morgan fingerprint density at radius 3 is 2.29 bits per heavy atom. The maximum absolute atomic E-state index is 5.39. The van der Waals surface area contributed by atoms with Gasteiger partial charge in [-0.1, -0.05) is 0 Å². The molecule has 0 aromatic heterocycles. The Hall–Kier alpha value is -0.870. The highest BCUT2D eigenvalue weighted by Crippen LogP contribution is 2.28. The van der Waals surface area contributed by atoms with Crippen LogP contribution in [0, 0.1) is 7.14 Å². The second-order valence-electron chi connectivity index (χ2n) is 5.39. The summed E-state index contributed by atoms with van der Waals surface area (Å²) in [5.74, 6) is 0.920. The number of hydrogen-bond acceptors (Lipinski definition) is 4. The molecule has 0 spiro atoms. The van der Waals surface area contributed by atoms with Crippen molar-refractivity contribution in [2.45, 2.75) is 0 Å². The molecule has 126 valence electrons. The Kier molecular flexibility index (Phi) is 6.34. The first-order valence-electron chi connectivity index (χ1n) is 7.67. The van der Waals surface area contributed by atoms with Crippen LogP contribution in [0.2, 0.25) is 0 Å². The summed E-state index contributed by atoms with van der Waals surface area (Å²) in [7, 11) is 1.70. The highest BCUT2D eigenvalue weighted by Gasteiger charge is 2.10. The first-order valence-corrected chi connectivity index (χ1v) is 9.83. The van der Waals surface area contributed by atoms with Crippen molar-refractivity contribution in [3.05, 3.63) is 49.1 Å². The van der Waals surface area contributed by atoms with E-state index in [4.69, 9.17) is 9.47 Å². The number of anilines is 1. The van der Waals surface area contributed by atoms with E-state index < -0.39 is 0 Å². The lowest BCUT2D eigenvalue weighted by molar-refractivity contribution is 0.122.